The lowest BCUT2D eigenvalue weighted by molar-refractivity contribution is 0.0990. The van der Waals surface area contributed by atoms with E-state index < -0.39 is 11.6 Å². The van der Waals surface area contributed by atoms with Crippen molar-refractivity contribution in [2.24, 2.45) is 0 Å². The highest BCUT2D eigenvalue weighted by molar-refractivity contribution is 7.21. The minimum Gasteiger partial charge on any atom is -0.437 e. The monoisotopic (exact) mass is 425 g/mol. The second-order valence-corrected chi connectivity index (χ2v) is 8.04. The van der Waals surface area contributed by atoms with Crippen molar-refractivity contribution in [1.82, 2.24) is 4.98 Å². The van der Waals surface area contributed by atoms with E-state index in [0.29, 0.717) is 11.5 Å². The molecular formula is C21H9Cl2NO3S. The molecule has 0 bridgehead atoms. The van der Waals surface area contributed by atoms with E-state index in [0.717, 1.165) is 15.3 Å². The highest BCUT2D eigenvalue weighted by atomic mass is 35.5. The fourth-order valence-electron chi connectivity index (χ4n) is 3.17. The molecule has 0 saturated carbocycles. The maximum Gasteiger partial charge on any atom is 0.238 e. The molecule has 1 aliphatic rings. The summed E-state index contributed by atoms with van der Waals surface area (Å²) in [4.78, 5) is 29.9. The topological polar surface area (TPSA) is 60.2 Å². The van der Waals surface area contributed by atoms with E-state index in [-0.39, 0.29) is 26.7 Å². The second kappa shape index (κ2) is 6.41. The van der Waals surface area contributed by atoms with Gasteiger partial charge >= 0.3 is 0 Å². The van der Waals surface area contributed by atoms with Gasteiger partial charge in [-0.15, -0.1) is 11.3 Å². The van der Waals surface area contributed by atoms with Gasteiger partial charge in [-0.1, -0.05) is 53.5 Å². The number of Topliss-reactive ketones (excluding diaryl/α,β-unsaturated/α-hetero) is 2. The number of ketones is 2. The first-order valence-electron chi connectivity index (χ1n) is 8.28. The number of aromatic nitrogens is 1. The van der Waals surface area contributed by atoms with Gasteiger partial charge in [0.2, 0.25) is 5.71 Å². The minimum absolute atomic E-state index is 0.0188. The SMILES string of the molecule is O=C1C(=Cc2cc3sc(-c4ccccc4)nc3o2)C(=O)c2c(Cl)ccc(Cl)c21. The van der Waals surface area contributed by atoms with Crippen LogP contribution >= 0.6 is 34.5 Å². The van der Waals surface area contributed by atoms with Crippen molar-refractivity contribution in [3.63, 3.8) is 0 Å². The van der Waals surface area contributed by atoms with Crippen LogP contribution in [0.5, 0.6) is 0 Å². The Hall–Kier alpha value is -2.73. The normalized spacial score (nSPS) is 13.4. The molecule has 0 radical (unpaired) electrons. The summed E-state index contributed by atoms with van der Waals surface area (Å²) in [7, 11) is 0. The molecule has 5 rings (SSSR count). The van der Waals surface area contributed by atoms with Crippen molar-refractivity contribution in [2.75, 3.05) is 0 Å². The lowest BCUT2D eigenvalue weighted by atomic mass is 10.1. The molecule has 2 heterocycles. The average molecular weight is 426 g/mol. The summed E-state index contributed by atoms with van der Waals surface area (Å²) >= 11 is 13.7. The third-order valence-electron chi connectivity index (χ3n) is 4.46. The average Bonchev–Trinajstić information content (AvgIpc) is 3.32. The summed E-state index contributed by atoms with van der Waals surface area (Å²) < 4.78 is 6.57. The number of hydrogen-bond donors (Lipinski definition) is 0. The standard InChI is InChI=1S/C21H9Cl2NO3S/c22-13-6-7-14(23)17-16(13)18(25)12(19(17)26)8-11-9-15-20(27-11)24-21(28-15)10-4-2-1-3-5-10/h1-9H. The molecule has 4 nitrogen and oxygen atoms in total. The molecule has 0 fully saturated rings. The number of halogens is 2. The van der Waals surface area contributed by atoms with E-state index in [1.165, 1.54) is 29.5 Å². The zero-order chi connectivity index (χ0) is 19.4. The van der Waals surface area contributed by atoms with Gasteiger partial charge in [-0.3, -0.25) is 9.59 Å². The fourth-order valence-corrected chi connectivity index (χ4v) is 4.60. The first-order valence-corrected chi connectivity index (χ1v) is 9.85. The van der Waals surface area contributed by atoms with E-state index in [1.54, 1.807) is 6.07 Å². The predicted octanol–water partition coefficient (Wildman–Crippen LogP) is 6.33. The van der Waals surface area contributed by atoms with Crippen molar-refractivity contribution in [3.8, 4) is 10.6 Å². The number of allylic oxidation sites excluding steroid dienone is 1. The molecule has 0 unspecified atom stereocenters. The lowest BCUT2D eigenvalue weighted by Crippen LogP contribution is -2.00. The minimum atomic E-state index is -0.454. The fraction of sp³-hybridized carbons (Fsp3) is 0. The second-order valence-electron chi connectivity index (χ2n) is 6.20. The summed E-state index contributed by atoms with van der Waals surface area (Å²) in [5, 5.41) is 1.25. The van der Waals surface area contributed by atoms with Crippen LogP contribution in [-0.2, 0) is 0 Å². The highest BCUT2D eigenvalue weighted by Crippen LogP contribution is 2.38. The zero-order valence-corrected chi connectivity index (χ0v) is 16.4. The number of thiazole rings is 1. The van der Waals surface area contributed by atoms with Crippen LogP contribution in [0.3, 0.4) is 0 Å². The van der Waals surface area contributed by atoms with Gasteiger partial charge in [0, 0.05) is 11.6 Å². The summed E-state index contributed by atoms with van der Waals surface area (Å²) in [6.07, 6.45) is 1.42. The van der Waals surface area contributed by atoms with Gasteiger partial charge in [-0.2, -0.15) is 0 Å². The summed E-state index contributed by atoms with van der Waals surface area (Å²) in [6.45, 7) is 0. The third kappa shape index (κ3) is 2.63. The molecule has 7 heteroatoms. The van der Waals surface area contributed by atoms with Crippen LogP contribution in [0, 0.1) is 0 Å². The van der Waals surface area contributed by atoms with Crippen LogP contribution in [-0.4, -0.2) is 16.6 Å². The molecule has 0 atom stereocenters. The Bertz CT molecular complexity index is 1240. The Labute approximate surface area is 173 Å². The molecule has 1 aliphatic carbocycles. The Morgan fingerprint density at radius 2 is 1.57 bits per heavy atom. The van der Waals surface area contributed by atoms with Crippen LogP contribution in [0.2, 0.25) is 10.0 Å². The Balaban J connectivity index is 1.55. The van der Waals surface area contributed by atoms with Gasteiger partial charge < -0.3 is 4.42 Å². The molecular weight excluding hydrogens is 417 g/mol. The number of carbonyl (C=O) groups is 2. The van der Waals surface area contributed by atoms with Gasteiger partial charge in [0.1, 0.15) is 10.8 Å². The molecule has 136 valence electrons. The van der Waals surface area contributed by atoms with Gasteiger partial charge in [-0.05, 0) is 18.2 Å². The molecule has 28 heavy (non-hydrogen) atoms. The molecule has 0 saturated heterocycles. The molecule has 0 aliphatic heterocycles. The van der Waals surface area contributed by atoms with Crippen LogP contribution in [0.15, 0.2) is 58.5 Å². The summed E-state index contributed by atoms with van der Waals surface area (Å²) in [6, 6.07) is 14.6. The van der Waals surface area contributed by atoms with Crippen LogP contribution < -0.4 is 0 Å². The molecule has 0 spiro atoms. The Morgan fingerprint density at radius 1 is 0.929 bits per heavy atom. The number of benzene rings is 2. The molecule has 2 aromatic carbocycles. The molecule has 2 aromatic heterocycles. The van der Waals surface area contributed by atoms with Crippen molar-refractivity contribution in [1.29, 1.82) is 0 Å². The Morgan fingerprint density at radius 3 is 2.18 bits per heavy atom. The van der Waals surface area contributed by atoms with Crippen LogP contribution in [0.1, 0.15) is 26.5 Å². The number of rotatable bonds is 2. The van der Waals surface area contributed by atoms with E-state index in [1.807, 2.05) is 30.3 Å². The maximum absolute atomic E-state index is 12.7. The molecule has 4 aromatic rings. The largest absolute Gasteiger partial charge is 0.437 e. The van der Waals surface area contributed by atoms with Crippen molar-refractivity contribution < 1.29 is 14.0 Å². The number of nitrogens with zero attached hydrogens (tertiary/aromatic N) is 1. The van der Waals surface area contributed by atoms with Crippen molar-refractivity contribution in [3.05, 3.63) is 81.0 Å². The summed E-state index contributed by atoms with van der Waals surface area (Å²) in [5.41, 5.74) is 1.73. The predicted molar refractivity (Wildman–Crippen MR) is 110 cm³/mol. The van der Waals surface area contributed by atoms with Gasteiger partial charge in [0.15, 0.2) is 11.6 Å². The van der Waals surface area contributed by atoms with E-state index in [4.69, 9.17) is 27.6 Å². The van der Waals surface area contributed by atoms with E-state index >= 15 is 0 Å². The van der Waals surface area contributed by atoms with E-state index in [9.17, 15) is 9.59 Å². The molecule has 0 amide bonds. The van der Waals surface area contributed by atoms with Gasteiger partial charge in [0.05, 0.1) is 31.4 Å². The smallest absolute Gasteiger partial charge is 0.238 e. The van der Waals surface area contributed by atoms with E-state index in [2.05, 4.69) is 4.98 Å². The lowest BCUT2D eigenvalue weighted by Gasteiger charge is -2.00. The first-order chi connectivity index (χ1) is 13.5. The van der Waals surface area contributed by atoms with Gasteiger partial charge in [0.25, 0.3) is 0 Å². The zero-order valence-electron chi connectivity index (χ0n) is 14.0. The quantitative estimate of drug-likeness (QED) is 0.278. The maximum atomic E-state index is 12.7. The number of fused-ring (bicyclic) bond motifs is 2. The van der Waals surface area contributed by atoms with Crippen molar-refractivity contribution >= 4 is 62.6 Å². The number of carbonyl (C=O) groups excluding carboxylic acids is 2. The summed E-state index contributed by atoms with van der Waals surface area (Å²) in [5.74, 6) is -0.527. The Kier molecular flexibility index (Phi) is 3.98. The van der Waals surface area contributed by atoms with Crippen molar-refractivity contribution in [2.45, 2.75) is 0 Å². The van der Waals surface area contributed by atoms with Crippen LogP contribution in [0.4, 0.5) is 0 Å². The number of hydrogen-bond acceptors (Lipinski definition) is 5. The molecule has 0 N–H and O–H groups in total. The highest BCUT2D eigenvalue weighted by Gasteiger charge is 2.37. The van der Waals surface area contributed by atoms with Crippen LogP contribution in [0.25, 0.3) is 27.1 Å². The first kappa shape index (κ1) is 17.4. The van der Waals surface area contributed by atoms with Gasteiger partial charge in [-0.25, -0.2) is 4.98 Å². The number of furan rings is 1. The third-order valence-corrected chi connectivity index (χ3v) is 6.13.